The van der Waals surface area contributed by atoms with Gasteiger partial charge in [-0.1, -0.05) is 12.1 Å². The Bertz CT molecular complexity index is 1830. The number of amides is 4. The summed E-state index contributed by atoms with van der Waals surface area (Å²) >= 11 is 0. The number of piperidine rings is 1. The van der Waals surface area contributed by atoms with Crippen LogP contribution in [-0.2, 0) is 23.1 Å². The van der Waals surface area contributed by atoms with Crippen molar-refractivity contribution >= 4 is 40.3 Å². The first-order chi connectivity index (χ1) is 22.2. The van der Waals surface area contributed by atoms with E-state index in [9.17, 15) is 32.7 Å². The Hall–Kier alpha value is -4.89. The molecule has 47 heavy (non-hydrogen) atoms. The van der Waals surface area contributed by atoms with Gasteiger partial charge in [0.05, 0.1) is 17.2 Å². The molecular weight excluding hydrogens is 617 g/mol. The largest absolute Gasteiger partial charge is 0.433 e. The average molecular weight is 651 g/mol. The van der Waals surface area contributed by atoms with Crippen LogP contribution in [0.4, 0.5) is 29.5 Å². The van der Waals surface area contributed by atoms with E-state index < -0.39 is 35.1 Å². The van der Waals surface area contributed by atoms with Gasteiger partial charge in [-0.25, -0.2) is 14.8 Å². The molecule has 4 amide bonds. The summed E-state index contributed by atoms with van der Waals surface area (Å²) in [5.41, 5.74) is -0.746. The molecule has 15 heteroatoms. The molecule has 5 heterocycles. The highest BCUT2D eigenvalue weighted by atomic mass is 19.4. The molecule has 3 N–H and O–H groups in total. The molecule has 2 aliphatic rings. The first-order valence-corrected chi connectivity index (χ1v) is 15.1. The van der Waals surface area contributed by atoms with E-state index in [0.29, 0.717) is 35.4 Å². The molecule has 3 aromatic heterocycles. The molecule has 246 valence electrons. The molecule has 2 aliphatic heterocycles. The van der Waals surface area contributed by atoms with Crippen LogP contribution in [-0.4, -0.2) is 67.2 Å². The van der Waals surface area contributed by atoms with Crippen molar-refractivity contribution in [2.75, 3.05) is 29.9 Å². The third-order valence-corrected chi connectivity index (χ3v) is 8.32. The molecule has 4 aromatic rings. The van der Waals surface area contributed by atoms with Gasteiger partial charge in [0.1, 0.15) is 17.2 Å². The van der Waals surface area contributed by atoms with Crippen LogP contribution in [0, 0.1) is 0 Å². The van der Waals surface area contributed by atoms with E-state index in [0.717, 1.165) is 43.6 Å². The molecule has 2 fully saturated rings. The Morgan fingerprint density at radius 1 is 1.09 bits per heavy atom. The normalized spacial score (nSPS) is 16.9. The van der Waals surface area contributed by atoms with E-state index in [1.165, 1.54) is 11.0 Å². The fourth-order valence-electron chi connectivity index (χ4n) is 5.85. The number of urea groups is 1. The third-order valence-electron chi connectivity index (χ3n) is 8.32. The van der Waals surface area contributed by atoms with Crippen LogP contribution in [0.2, 0.25) is 0 Å². The number of rotatable bonds is 7. The number of aliphatic hydroxyl groups is 1. The van der Waals surface area contributed by atoms with Gasteiger partial charge in [0.15, 0.2) is 0 Å². The lowest BCUT2D eigenvalue weighted by Gasteiger charge is -2.32. The second kappa shape index (κ2) is 12.4. The minimum absolute atomic E-state index is 0.109. The highest BCUT2D eigenvalue weighted by Gasteiger charge is 2.33. The van der Waals surface area contributed by atoms with Crippen molar-refractivity contribution < 1.29 is 32.7 Å². The van der Waals surface area contributed by atoms with Gasteiger partial charge in [0, 0.05) is 61.6 Å². The van der Waals surface area contributed by atoms with Crippen LogP contribution >= 0.6 is 0 Å². The van der Waals surface area contributed by atoms with Gasteiger partial charge in [0.25, 0.3) is 5.91 Å². The smallest absolute Gasteiger partial charge is 0.386 e. The zero-order valence-electron chi connectivity index (χ0n) is 25.7. The van der Waals surface area contributed by atoms with Crippen molar-refractivity contribution in [1.29, 1.82) is 0 Å². The lowest BCUT2D eigenvalue weighted by atomic mass is 9.95. The van der Waals surface area contributed by atoms with Gasteiger partial charge in [-0.05, 0) is 62.6 Å². The number of hydrogen-bond acceptors (Lipinski definition) is 8. The summed E-state index contributed by atoms with van der Waals surface area (Å²) in [6, 6.07) is 9.80. The van der Waals surface area contributed by atoms with E-state index >= 15 is 0 Å². The van der Waals surface area contributed by atoms with Crippen LogP contribution in [0.3, 0.4) is 0 Å². The number of hydrogen-bond donors (Lipinski definition) is 3. The summed E-state index contributed by atoms with van der Waals surface area (Å²) in [5.74, 6) is -0.637. The van der Waals surface area contributed by atoms with Gasteiger partial charge in [0.2, 0.25) is 5.91 Å². The molecule has 0 unspecified atom stereocenters. The number of aromatic nitrogens is 4. The van der Waals surface area contributed by atoms with E-state index in [-0.39, 0.29) is 24.1 Å². The second-order valence-corrected chi connectivity index (χ2v) is 12.3. The molecule has 6 rings (SSSR count). The minimum atomic E-state index is -4.70. The van der Waals surface area contributed by atoms with Gasteiger partial charge in [-0.3, -0.25) is 29.4 Å². The Kier molecular flexibility index (Phi) is 8.44. The number of benzene rings is 1. The van der Waals surface area contributed by atoms with Crippen LogP contribution in [0.25, 0.3) is 10.9 Å². The molecule has 0 atom stereocenters. The number of carbonyl (C=O) groups excluding carboxylic acids is 3. The number of imide groups is 1. The van der Waals surface area contributed by atoms with Gasteiger partial charge < -0.3 is 10.4 Å². The van der Waals surface area contributed by atoms with Gasteiger partial charge >= 0.3 is 12.2 Å². The standard InChI is InChI=1S/C32H33F3N8O4/c1-31(2,47)22-15-24-20(14-25(22)38-29(45)23-4-3-5-26(37-23)32(33,34)35)18-43(40-24)21-8-11-41(12-9-21)17-19-6-7-27(36-16-19)42-13-10-28(44)39-30(42)46/h3-7,14-16,18,21,47H,8-13,17H2,1-2H3,(H,38,45)(H,39,44,46). The SMILES string of the molecule is CC(C)(O)c1cc2nn(C3CCN(Cc4ccc(N5CCC(=O)NC5=O)nc4)CC3)cc2cc1NC(=O)c1cccc(C(F)(F)F)n1. The highest BCUT2D eigenvalue weighted by molar-refractivity contribution is 6.05. The fraction of sp³-hybridized carbons (Fsp3) is 0.375. The monoisotopic (exact) mass is 650 g/mol. The van der Waals surface area contributed by atoms with Gasteiger partial charge in [-0.15, -0.1) is 0 Å². The summed E-state index contributed by atoms with van der Waals surface area (Å²) in [5, 5.41) is 21.3. The predicted molar refractivity (Wildman–Crippen MR) is 165 cm³/mol. The van der Waals surface area contributed by atoms with Crippen molar-refractivity contribution in [1.82, 2.24) is 30.0 Å². The highest BCUT2D eigenvalue weighted by Crippen LogP contribution is 2.34. The van der Waals surface area contributed by atoms with Crippen molar-refractivity contribution in [3.8, 4) is 0 Å². The van der Waals surface area contributed by atoms with E-state index in [1.54, 1.807) is 38.2 Å². The molecule has 0 aliphatic carbocycles. The predicted octanol–water partition coefficient (Wildman–Crippen LogP) is 4.61. The number of fused-ring (bicyclic) bond motifs is 1. The molecular formula is C32H33F3N8O4. The molecule has 1 aromatic carbocycles. The Labute approximate surface area is 267 Å². The number of alkyl halides is 3. The minimum Gasteiger partial charge on any atom is -0.386 e. The first-order valence-electron chi connectivity index (χ1n) is 15.1. The lowest BCUT2D eigenvalue weighted by molar-refractivity contribution is -0.141. The van der Waals surface area contributed by atoms with Crippen LogP contribution in [0.5, 0.6) is 0 Å². The number of anilines is 2. The van der Waals surface area contributed by atoms with E-state index in [4.69, 9.17) is 5.10 Å². The number of carbonyl (C=O) groups is 3. The quantitative estimate of drug-likeness (QED) is 0.263. The lowest BCUT2D eigenvalue weighted by Crippen LogP contribution is -2.49. The van der Waals surface area contributed by atoms with E-state index in [1.807, 2.05) is 16.9 Å². The molecule has 0 spiro atoms. The van der Waals surface area contributed by atoms with Crippen LogP contribution in [0.1, 0.15) is 66.5 Å². The Balaban J connectivity index is 1.12. The summed E-state index contributed by atoms with van der Waals surface area (Å²) < 4.78 is 41.4. The maximum atomic E-state index is 13.2. The summed E-state index contributed by atoms with van der Waals surface area (Å²) in [4.78, 5) is 48.1. The molecule has 0 bridgehead atoms. The zero-order chi connectivity index (χ0) is 33.5. The fourth-order valence-corrected chi connectivity index (χ4v) is 5.85. The van der Waals surface area contributed by atoms with Crippen LogP contribution < -0.4 is 15.5 Å². The summed E-state index contributed by atoms with van der Waals surface area (Å²) in [7, 11) is 0. The Morgan fingerprint density at radius 2 is 1.85 bits per heavy atom. The van der Waals surface area contributed by atoms with Gasteiger partial charge in [-0.2, -0.15) is 18.3 Å². The summed E-state index contributed by atoms with van der Waals surface area (Å²) in [6.07, 6.45) is 0.795. The molecule has 12 nitrogen and oxygen atoms in total. The van der Waals surface area contributed by atoms with Crippen molar-refractivity contribution in [2.24, 2.45) is 0 Å². The number of likely N-dealkylation sites (tertiary alicyclic amines) is 1. The number of pyridine rings is 2. The molecule has 2 saturated heterocycles. The number of halogens is 3. The summed E-state index contributed by atoms with van der Waals surface area (Å²) in [6.45, 7) is 5.69. The zero-order valence-corrected chi connectivity index (χ0v) is 25.7. The molecule has 0 saturated carbocycles. The average Bonchev–Trinajstić information content (AvgIpc) is 3.44. The maximum absolute atomic E-state index is 13.2. The second-order valence-electron chi connectivity index (χ2n) is 12.3. The topological polar surface area (TPSA) is 146 Å². The Morgan fingerprint density at radius 3 is 2.51 bits per heavy atom. The van der Waals surface area contributed by atoms with Crippen molar-refractivity contribution in [2.45, 2.75) is 57.5 Å². The number of nitrogens with one attached hydrogen (secondary N) is 2. The van der Waals surface area contributed by atoms with Crippen LogP contribution in [0.15, 0.2) is 54.9 Å². The molecule has 0 radical (unpaired) electrons. The van der Waals surface area contributed by atoms with E-state index in [2.05, 4.69) is 25.5 Å². The van der Waals surface area contributed by atoms with Crippen molar-refractivity contribution in [3.05, 3.63) is 77.4 Å². The van der Waals surface area contributed by atoms with Crippen molar-refractivity contribution in [3.63, 3.8) is 0 Å². The third kappa shape index (κ3) is 7.10. The first kappa shape index (κ1) is 32.1. The number of nitrogens with zero attached hydrogens (tertiary/aromatic N) is 6. The maximum Gasteiger partial charge on any atom is 0.433 e.